The van der Waals surface area contributed by atoms with Crippen LogP contribution in [-0.4, -0.2) is 34.8 Å². The largest absolute Gasteiger partial charge is 0.352 e. The molecule has 4 rings (SSSR count). The van der Waals surface area contributed by atoms with Gasteiger partial charge in [0.05, 0.1) is 0 Å². The van der Waals surface area contributed by atoms with E-state index in [1.54, 1.807) is 0 Å². The minimum atomic E-state index is 0.0341. The number of carbonyl (C=O) groups excluding carboxylic acids is 2. The summed E-state index contributed by atoms with van der Waals surface area (Å²) in [4.78, 5) is 30.1. The van der Waals surface area contributed by atoms with Crippen molar-refractivity contribution in [2.24, 2.45) is 5.92 Å². The summed E-state index contributed by atoms with van der Waals surface area (Å²) in [6, 6.07) is 17.3. The Morgan fingerprint density at radius 1 is 1.07 bits per heavy atom. The molecule has 0 radical (unpaired) electrons. The molecule has 5 nitrogen and oxygen atoms in total. The molecule has 1 aromatic heterocycles. The van der Waals surface area contributed by atoms with Gasteiger partial charge in [-0.25, -0.2) is 0 Å². The van der Waals surface area contributed by atoms with Gasteiger partial charge in [0, 0.05) is 42.0 Å². The van der Waals surface area contributed by atoms with Crippen LogP contribution >= 0.6 is 11.6 Å². The van der Waals surface area contributed by atoms with Crippen molar-refractivity contribution in [1.29, 1.82) is 0 Å². The van der Waals surface area contributed by atoms with E-state index in [-0.39, 0.29) is 11.8 Å². The molecule has 0 aliphatic carbocycles. The highest BCUT2D eigenvalue weighted by atomic mass is 35.5. The summed E-state index contributed by atoms with van der Waals surface area (Å²) < 4.78 is 0. The molecule has 2 aromatic carbocycles. The third-order valence-corrected chi connectivity index (χ3v) is 5.79. The molecule has 2 amide bonds. The molecule has 1 fully saturated rings. The number of hydrogen-bond donors (Lipinski definition) is 2. The fourth-order valence-electron chi connectivity index (χ4n) is 3.84. The fraction of sp³-hybridized carbons (Fsp3) is 0.304. The smallest absolute Gasteiger partial charge is 0.270 e. The first kappa shape index (κ1) is 19.5. The Morgan fingerprint density at radius 3 is 2.52 bits per heavy atom. The van der Waals surface area contributed by atoms with Gasteiger partial charge in [-0.2, -0.15) is 0 Å². The third-order valence-electron chi connectivity index (χ3n) is 5.54. The van der Waals surface area contributed by atoms with E-state index in [9.17, 15) is 9.59 Å². The van der Waals surface area contributed by atoms with Gasteiger partial charge in [-0.05, 0) is 48.6 Å². The number of rotatable bonds is 5. The number of fused-ring (bicyclic) bond motifs is 1. The number of nitrogens with zero attached hydrogens (tertiary/aromatic N) is 1. The zero-order valence-electron chi connectivity index (χ0n) is 16.2. The molecule has 0 unspecified atom stereocenters. The molecule has 150 valence electrons. The number of amides is 2. The van der Waals surface area contributed by atoms with Crippen molar-refractivity contribution in [3.05, 3.63) is 70.9 Å². The van der Waals surface area contributed by atoms with Crippen LogP contribution in [0.3, 0.4) is 0 Å². The Labute approximate surface area is 175 Å². The lowest BCUT2D eigenvalue weighted by Gasteiger charge is -2.31. The number of benzene rings is 2. The molecular weight excluding hydrogens is 386 g/mol. The predicted molar refractivity (Wildman–Crippen MR) is 115 cm³/mol. The number of para-hydroxylation sites is 1. The molecule has 29 heavy (non-hydrogen) atoms. The molecule has 1 saturated heterocycles. The van der Waals surface area contributed by atoms with Crippen molar-refractivity contribution >= 4 is 34.3 Å². The number of likely N-dealkylation sites (tertiary alicyclic amines) is 1. The second-order valence-corrected chi connectivity index (χ2v) is 8.05. The van der Waals surface area contributed by atoms with Crippen LogP contribution in [0.2, 0.25) is 5.02 Å². The number of hydrogen-bond acceptors (Lipinski definition) is 2. The molecule has 3 aromatic rings. The molecule has 6 heteroatoms. The van der Waals surface area contributed by atoms with E-state index < -0.39 is 0 Å². The lowest BCUT2D eigenvalue weighted by Crippen LogP contribution is -2.39. The summed E-state index contributed by atoms with van der Waals surface area (Å²) in [6.45, 7) is 1.88. The van der Waals surface area contributed by atoms with Gasteiger partial charge in [0.25, 0.3) is 5.91 Å². The summed E-state index contributed by atoms with van der Waals surface area (Å²) in [5, 5.41) is 4.71. The minimum Gasteiger partial charge on any atom is -0.352 e. The Kier molecular flexibility index (Phi) is 5.86. The summed E-state index contributed by atoms with van der Waals surface area (Å²) in [5.41, 5.74) is 2.63. The van der Waals surface area contributed by atoms with Gasteiger partial charge in [-0.3, -0.25) is 9.59 Å². The highest BCUT2D eigenvalue weighted by molar-refractivity contribution is 6.30. The monoisotopic (exact) mass is 409 g/mol. The van der Waals surface area contributed by atoms with E-state index in [1.165, 1.54) is 0 Å². The van der Waals surface area contributed by atoms with Crippen LogP contribution in [0.5, 0.6) is 0 Å². The normalized spacial score (nSPS) is 14.9. The summed E-state index contributed by atoms with van der Waals surface area (Å²) >= 11 is 5.88. The van der Waals surface area contributed by atoms with E-state index >= 15 is 0 Å². The van der Waals surface area contributed by atoms with Crippen molar-refractivity contribution in [3.8, 4) is 0 Å². The summed E-state index contributed by atoms with van der Waals surface area (Å²) in [5.74, 6) is 0.402. The Hall–Kier alpha value is -2.79. The Balaban J connectivity index is 1.25. The lowest BCUT2D eigenvalue weighted by atomic mass is 9.93. The number of aromatic amines is 1. The van der Waals surface area contributed by atoms with E-state index in [1.807, 2.05) is 59.5 Å². The van der Waals surface area contributed by atoms with Crippen LogP contribution in [-0.2, 0) is 11.3 Å². The average molecular weight is 410 g/mol. The summed E-state index contributed by atoms with van der Waals surface area (Å²) in [7, 11) is 0. The first-order valence-electron chi connectivity index (χ1n) is 9.96. The molecule has 2 heterocycles. The van der Waals surface area contributed by atoms with Gasteiger partial charge < -0.3 is 15.2 Å². The maximum Gasteiger partial charge on any atom is 0.270 e. The number of H-pyrrole nitrogens is 1. The second kappa shape index (κ2) is 8.70. The zero-order chi connectivity index (χ0) is 20.2. The van der Waals surface area contributed by atoms with Gasteiger partial charge in [-0.15, -0.1) is 0 Å². The molecular formula is C23H24ClN3O2. The molecule has 0 spiro atoms. The van der Waals surface area contributed by atoms with Crippen LogP contribution in [0.1, 0.15) is 35.3 Å². The molecule has 1 aliphatic heterocycles. The number of aromatic nitrogens is 1. The SMILES string of the molecule is O=C(CC1CCN(C(=O)c2cc3ccccc3[nH]2)CC1)NCc1ccc(Cl)cc1. The lowest BCUT2D eigenvalue weighted by molar-refractivity contribution is -0.122. The first-order chi connectivity index (χ1) is 14.1. The van der Waals surface area contributed by atoms with Crippen molar-refractivity contribution < 1.29 is 9.59 Å². The number of halogens is 1. The van der Waals surface area contributed by atoms with Crippen LogP contribution in [0, 0.1) is 5.92 Å². The number of carbonyl (C=O) groups is 2. The standard InChI is InChI=1S/C23H24ClN3O2/c24-19-7-5-17(6-8-19)15-25-22(28)13-16-9-11-27(12-10-16)23(29)21-14-18-3-1-2-4-20(18)26-21/h1-8,14,16,26H,9-13,15H2,(H,25,28). The van der Waals surface area contributed by atoms with Gasteiger partial charge in [0.1, 0.15) is 5.69 Å². The maximum absolute atomic E-state index is 12.8. The van der Waals surface area contributed by atoms with Gasteiger partial charge >= 0.3 is 0 Å². The molecule has 1 aliphatic rings. The zero-order valence-corrected chi connectivity index (χ0v) is 16.9. The third kappa shape index (κ3) is 4.80. The minimum absolute atomic E-state index is 0.0341. The van der Waals surface area contributed by atoms with Crippen LogP contribution < -0.4 is 5.32 Å². The number of piperidine rings is 1. The van der Waals surface area contributed by atoms with E-state index in [2.05, 4.69) is 10.3 Å². The van der Waals surface area contributed by atoms with Gasteiger partial charge in [-0.1, -0.05) is 41.9 Å². The van der Waals surface area contributed by atoms with Crippen molar-refractivity contribution in [2.75, 3.05) is 13.1 Å². The maximum atomic E-state index is 12.8. The second-order valence-electron chi connectivity index (χ2n) is 7.61. The van der Waals surface area contributed by atoms with Gasteiger partial charge in [0.2, 0.25) is 5.91 Å². The molecule has 2 N–H and O–H groups in total. The predicted octanol–water partition coefficient (Wildman–Crippen LogP) is 4.38. The highest BCUT2D eigenvalue weighted by Gasteiger charge is 2.25. The Bertz CT molecular complexity index is 971. The van der Waals surface area contributed by atoms with Crippen molar-refractivity contribution in [2.45, 2.75) is 25.8 Å². The average Bonchev–Trinajstić information content (AvgIpc) is 3.18. The number of nitrogens with one attached hydrogen (secondary N) is 2. The molecule has 0 atom stereocenters. The topological polar surface area (TPSA) is 65.2 Å². The summed E-state index contributed by atoms with van der Waals surface area (Å²) in [6.07, 6.45) is 2.20. The quantitative estimate of drug-likeness (QED) is 0.656. The van der Waals surface area contributed by atoms with E-state index in [0.29, 0.717) is 42.7 Å². The van der Waals surface area contributed by atoms with E-state index in [0.717, 1.165) is 29.3 Å². The van der Waals surface area contributed by atoms with Crippen LogP contribution in [0.15, 0.2) is 54.6 Å². The van der Waals surface area contributed by atoms with Crippen LogP contribution in [0.4, 0.5) is 0 Å². The van der Waals surface area contributed by atoms with E-state index in [4.69, 9.17) is 11.6 Å². The van der Waals surface area contributed by atoms with Crippen LogP contribution in [0.25, 0.3) is 10.9 Å². The fourth-order valence-corrected chi connectivity index (χ4v) is 3.96. The molecule has 0 saturated carbocycles. The van der Waals surface area contributed by atoms with Crippen molar-refractivity contribution in [3.63, 3.8) is 0 Å². The molecule has 0 bridgehead atoms. The first-order valence-corrected chi connectivity index (χ1v) is 10.3. The van der Waals surface area contributed by atoms with Crippen molar-refractivity contribution in [1.82, 2.24) is 15.2 Å². The highest BCUT2D eigenvalue weighted by Crippen LogP contribution is 2.23. The Morgan fingerprint density at radius 2 is 1.79 bits per heavy atom. The van der Waals surface area contributed by atoms with Gasteiger partial charge in [0.15, 0.2) is 0 Å².